The zero-order valence-corrected chi connectivity index (χ0v) is 10.8. The summed E-state index contributed by atoms with van der Waals surface area (Å²) in [5.41, 5.74) is 4.99. The Kier molecular flexibility index (Phi) is 4.15. The monoisotopic (exact) mass is 259 g/mol. The van der Waals surface area contributed by atoms with E-state index in [1.807, 2.05) is 13.1 Å². The zero-order valence-electron chi connectivity index (χ0n) is 10.8. The van der Waals surface area contributed by atoms with Crippen molar-refractivity contribution in [3.8, 4) is 0 Å². The van der Waals surface area contributed by atoms with Crippen LogP contribution in [0.15, 0.2) is 36.5 Å². The van der Waals surface area contributed by atoms with Crippen LogP contribution in [0.2, 0.25) is 0 Å². The molecule has 0 spiro atoms. The van der Waals surface area contributed by atoms with E-state index in [1.165, 1.54) is 0 Å². The van der Waals surface area contributed by atoms with Crippen molar-refractivity contribution in [2.24, 2.45) is 12.9 Å². The van der Waals surface area contributed by atoms with Gasteiger partial charge in [-0.2, -0.15) is 5.10 Å². The number of benzene rings is 1. The number of anilines is 1. The van der Waals surface area contributed by atoms with Crippen molar-refractivity contribution in [3.63, 3.8) is 0 Å². The van der Waals surface area contributed by atoms with Crippen molar-refractivity contribution in [2.75, 3.05) is 12.0 Å². The molecule has 100 valence electrons. The van der Waals surface area contributed by atoms with Gasteiger partial charge in [0.2, 0.25) is 0 Å². The van der Waals surface area contributed by atoms with Crippen molar-refractivity contribution in [1.29, 1.82) is 0 Å². The van der Waals surface area contributed by atoms with Crippen LogP contribution >= 0.6 is 0 Å². The van der Waals surface area contributed by atoms with Gasteiger partial charge in [0.1, 0.15) is 0 Å². The lowest BCUT2D eigenvalue weighted by Gasteiger charge is -2.06. The van der Waals surface area contributed by atoms with Crippen molar-refractivity contribution in [1.82, 2.24) is 15.1 Å². The lowest BCUT2D eigenvalue weighted by Crippen LogP contribution is -2.26. The highest BCUT2D eigenvalue weighted by molar-refractivity contribution is 5.94. The maximum atomic E-state index is 11.9. The van der Waals surface area contributed by atoms with E-state index in [1.54, 1.807) is 35.1 Å². The number of nitrogens with one attached hydrogen (secondary N) is 2. The second kappa shape index (κ2) is 6.01. The Labute approximate surface area is 111 Å². The van der Waals surface area contributed by atoms with Gasteiger partial charge in [-0.15, -0.1) is 0 Å². The molecule has 0 aliphatic carbocycles. The smallest absolute Gasteiger partial charge is 0.251 e. The van der Waals surface area contributed by atoms with Gasteiger partial charge in [0, 0.05) is 43.2 Å². The fraction of sp³-hybridized carbons (Fsp3) is 0.231. The van der Waals surface area contributed by atoms with Gasteiger partial charge in [0.25, 0.3) is 5.91 Å². The Hall–Kier alpha value is -2.34. The molecule has 1 aromatic heterocycles. The third-order valence-corrected chi connectivity index (χ3v) is 2.90. The summed E-state index contributed by atoms with van der Waals surface area (Å²) in [4.78, 5) is 11.9. The first kappa shape index (κ1) is 13.1. The zero-order chi connectivity index (χ0) is 13.7. The predicted octanol–water partition coefficient (Wildman–Crippen LogP) is 0.678. The molecule has 1 aromatic carbocycles. The summed E-state index contributed by atoms with van der Waals surface area (Å²) < 4.78 is 1.80. The first-order valence-electron chi connectivity index (χ1n) is 6.02. The lowest BCUT2D eigenvalue weighted by atomic mass is 10.2. The number of carbonyl (C=O) groups is 1. The molecule has 6 nitrogen and oxygen atoms in total. The van der Waals surface area contributed by atoms with E-state index in [0.29, 0.717) is 12.1 Å². The van der Waals surface area contributed by atoms with Crippen LogP contribution in [0.25, 0.3) is 0 Å². The normalized spacial score (nSPS) is 10.2. The fourth-order valence-electron chi connectivity index (χ4n) is 1.77. The average Bonchev–Trinajstić information content (AvgIpc) is 2.84. The summed E-state index contributed by atoms with van der Waals surface area (Å²) in [6, 6.07) is 8.92. The molecular formula is C13H17N5O. The number of carbonyl (C=O) groups excluding carboxylic acids is 1. The molecule has 0 atom stereocenters. The number of nitrogen functional groups attached to an aromatic ring is 1. The van der Waals surface area contributed by atoms with E-state index >= 15 is 0 Å². The molecule has 0 saturated heterocycles. The molecule has 19 heavy (non-hydrogen) atoms. The van der Waals surface area contributed by atoms with E-state index in [0.717, 1.165) is 17.8 Å². The topological polar surface area (TPSA) is 85.0 Å². The van der Waals surface area contributed by atoms with Crippen LogP contribution in [0, 0.1) is 0 Å². The van der Waals surface area contributed by atoms with Gasteiger partial charge in [-0.3, -0.25) is 15.3 Å². The van der Waals surface area contributed by atoms with Crippen molar-refractivity contribution in [3.05, 3.63) is 47.8 Å². The molecular weight excluding hydrogens is 242 g/mol. The maximum absolute atomic E-state index is 11.9. The molecule has 4 N–H and O–H groups in total. The molecule has 6 heteroatoms. The number of hydrogen-bond acceptors (Lipinski definition) is 4. The number of aromatic nitrogens is 2. The number of nitrogens with two attached hydrogens (primary N) is 1. The highest BCUT2D eigenvalue weighted by Gasteiger charge is 2.05. The van der Waals surface area contributed by atoms with Crippen LogP contribution in [0.1, 0.15) is 16.1 Å². The van der Waals surface area contributed by atoms with Crippen molar-refractivity contribution >= 4 is 11.6 Å². The van der Waals surface area contributed by atoms with Gasteiger partial charge in [0.05, 0.1) is 0 Å². The van der Waals surface area contributed by atoms with Gasteiger partial charge < -0.3 is 10.7 Å². The first-order valence-corrected chi connectivity index (χ1v) is 6.02. The number of hydrogen-bond donors (Lipinski definition) is 3. The quantitative estimate of drug-likeness (QED) is 0.544. The molecule has 0 unspecified atom stereocenters. The van der Waals surface area contributed by atoms with Gasteiger partial charge in [-0.25, -0.2) is 0 Å². The second-order valence-corrected chi connectivity index (χ2v) is 4.17. The molecule has 1 heterocycles. The van der Waals surface area contributed by atoms with E-state index in [4.69, 9.17) is 5.84 Å². The second-order valence-electron chi connectivity index (χ2n) is 4.17. The van der Waals surface area contributed by atoms with E-state index in [-0.39, 0.29) is 5.91 Å². The Bertz CT molecular complexity index is 546. The van der Waals surface area contributed by atoms with E-state index < -0.39 is 0 Å². The average molecular weight is 259 g/mol. The van der Waals surface area contributed by atoms with Gasteiger partial charge in [-0.1, -0.05) is 0 Å². The molecule has 2 rings (SSSR count). The van der Waals surface area contributed by atoms with Crippen LogP contribution in [-0.2, 0) is 13.5 Å². The van der Waals surface area contributed by atoms with E-state index in [2.05, 4.69) is 15.8 Å². The van der Waals surface area contributed by atoms with Crippen molar-refractivity contribution < 1.29 is 4.79 Å². The molecule has 0 radical (unpaired) electrons. The lowest BCUT2D eigenvalue weighted by molar-refractivity contribution is 0.0954. The molecule has 0 fully saturated rings. The number of aryl methyl sites for hydroxylation is 1. The van der Waals surface area contributed by atoms with Crippen LogP contribution < -0.4 is 16.6 Å². The minimum Gasteiger partial charge on any atom is -0.352 e. The van der Waals surface area contributed by atoms with Crippen molar-refractivity contribution in [2.45, 2.75) is 6.42 Å². The summed E-state index contributed by atoms with van der Waals surface area (Å²) in [5.74, 6) is 5.17. The maximum Gasteiger partial charge on any atom is 0.251 e. The van der Waals surface area contributed by atoms with Gasteiger partial charge in [-0.05, 0) is 30.3 Å². The Morgan fingerprint density at radius 3 is 2.63 bits per heavy atom. The Morgan fingerprint density at radius 1 is 1.32 bits per heavy atom. The van der Waals surface area contributed by atoms with E-state index in [9.17, 15) is 4.79 Å². The molecule has 0 saturated carbocycles. The fourth-order valence-corrected chi connectivity index (χ4v) is 1.77. The number of rotatable bonds is 5. The highest BCUT2D eigenvalue weighted by atomic mass is 16.1. The minimum absolute atomic E-state index is 0.0919. The van der Waals surface area contributed by atoms with Gasteiger partial charge in [0.15, 0.2) is 0 Å². The molecule has 0 bridgehead atoms. The summed E-state index contributed by atoms with van der Waals surface area (Å²) in [6.07, 6.45) is 2.50. The standard InChI is InChI=1S/C13H17N5O/c1-18-12(7-9-16-18)6-8-15-13(19)10-2-4-11(17-14)5-3-10/h2-5,7,9,17H,6,8,14H2,1H3,(H,15,19). The van der Waals surface area contributed by atoms with Crippen LogP contribution in [0.4, 0.5) is 5.69 Å². The molecule has 0 aliphatic rings. The van der Waals surface area contributed by atoms with Crippen LogP contribution in [0.3, 0.4) is 0 Å². The number of hydrazine groups is 1. The molecule has 2 aromatic rings. The van der Waals surface area contributed by atoms with Crippen LogP contribution in [0.5, 0.6) is 0 Å². The third kappa shape index (κ3) is 3.32. The summed E-state index contributed by atoms with van der Waals surface area (Å²) in [5, 5.41) is 6.95. The number of nitrogens with zero attached hydrogens (tertiary/aromatic N) is 2. The molecule has 1 amide bonds. The first-order chi connectivity index (χ1) is 9.20. The Balaban J connectivity index is 1.85. The predicted molar refractivity (Wildman–Crippen MR) is 73.5 cm³/mol. The summed E-state index contributed by atoms with van der Waals surface area (Å²) in [6.45, 7) is 0.579. The minimum atomic E-state index is -0.0919. The summed E-state index contributed by atoms with van der Waals surface area (Å²) >= 11 is 0. The van der Waals surface area contributed by atoms with Gasteiger partial charge >= 0.3 is 0 Å². The van der Waals surface area contributed by atoms with Crippen LogP contribution in [-0.4, -0.2) is 22.2 Å². The highest BCUT2D eigenvalue weighted by Crippen LogP contribution is 2.07. The molecule has 0 aliphatic heterocycles. The largest absolute Gasteiger partial charge is 0.352 e. The SMILES string of the molecule is Cn1nccc1CCNC(=O)c1ccc(NN)cc1. The number of amides is 1. The third-order valence-electron chi connectivity index (χ3n) is 2.90. The summed E-state index contributed by atoms with van der Waals surface area (Å²) in [7, 11) is 1.88. The Morgan fingerprint density at radius 2 is 2.05 bits per heavy atom.